The molecule has 0 aliphatic carbocycles. The SMILES string of the molecule is [O-][NH+]1CN=C(c2ccc3[nH]c(-c4ccco4)cc3c2)OC1. The van der Waals surface area contributed by atoms with Crippen LogP contribution in [0.5, 0.6) is 0 Å². The molecule has 6 heteroatoms. The first-order chi connectivity index (χ1) is 10.3. The van der Waals surface area contributed by atoms with Crippen molar-refractivity contribution < 1.29 is 14.2 Å². The maximum absolute atomic E-state index is 11.1. The maximum atomic E-state index is 11.1. The number of rotatable bonds is 2. The molecule has 3 heterocycles. The summed E-state index contributed by atoms with van der Waals surface area (Å²) >= 11 is 0. The summed E-state index contributed by atoms with van der Waals surface area (Å²) in [5, 5.41) is 12.2. The van der Waals surface area contributed by atoms with Crippen LogP contribution in [0.25, 0.3) is 22.4 Å². The van der Waals surface area contributed by atoms with Gasteiger partial charge >= 0.3 is 0 Å². The van der Waals surface area contributed by atoms with E-state index in [2.05, 4.69) is 9.98 Å². The number of hydrogen-bond donors (Lipinski definition) is 2. The molecule has 2 aromatic heterocycles. The number of aliphatic imine (C=N–C) groups is 1. The Balaban J connectivity index is 1.73. The molecule has 4 rings (SSSR count). The van der Waals surface area contributed by atoms with Crippen molar-refractivity contribution in [3.8, 4) is 11.5 Å². The number of aromatic nitrogens is 1. The normalized spacial score (nSPS) is 18.5. The summed E-state index contributed by atoms with van der Waals surface area (Å²) in [6.07, 6.45) is 1.65. The van der Waals surface area contributed by atoms with Crippen LogP contribution >= 0.6 is 0 Å². The first kappa shape index (κ1) is 12.2. The van der Waals surface area contributed by atoms with Gasteiger partial charge in [0.15, 0.2) is 6.67 Å². The summed E-state index contributed by atoms with van der Waals surface area (Å²) in [7, 11) is 0. The molecule has 0 spiro atoms. The summed E-state index contributed by atoms with van der Waals surface area (Å²) < 4.78 is 10.8. The highest BCUT2D eigenvalue weighted by Crippen LogP contribution is 2.25. The summed E-state index contributed by atoms with van der Waals surface area (Å²) in [5.41, 5.74) is 2.81. The van der Waals surface area contributed by atoms with E-state index < -0.39 is 0 Å². The fourth-order valence-electron chi connectivity index (χ4n) is 2.40. The monoisotopic (exact) mass is 283 g/mol. The molecule has 1 aliphatic heterocycles. The zero-order chi connectivity index (χ0) is 14.2. The van der Waals surface area contributed by atoms with E-state index in [1.54, 1.807) is 6.26 Å². The van der Waals surface area contributed by atoms with Gasteiger partial charge in [-0.25, -0.2) is 0 Å². The Morgan fingerprint density at radius 3 is 2.95 bits per heavy atom. The molecule has 0 radical (unpaired) electrons. The minimum absolute atomic E-state index is 0.00146. The van der Waals surface area contributed by atoms with Crippen molar-refractivity contribution in [3.63, 3.8) is 0 Å². The van der Waals surface area contributed by atoms with Crippen molar-refractivity contribution in [3.05, 3.63) is 53.4 Å². The number of fused-ring (bicyclic) bond motifs is 1. The lowest BCUT2D eigenvalue weighted by Crippen LogP contribution is -3.08. The molecule has 1 aliphatic rings. The fraction of sp³-hybridized carbons (Fsp3) is 0.133. The molecule has 1 atom stereocenters. The molecule has 21 heavy (non-hydrogen) atoms. The van der Waals surface area contributed by atoms with E-state index in [0.717, 1.165) is 27.9 Å². The lowest BCUT2D eigenvalue weighted by molar-refractivity contribution is -0.869. The Labute approximate surface area is 120 Å². The lowest BCUT2D eigenvalue weighted by atomic mass is 10.1. The van der Waals surface area contributed by atoms with E-state index in [1.165, 1.54) is 0 Å². The number of ether oxygens (including phenoxy) is 1. The summed E-state index contributed by atoms with van der Waals surface area (Å²) in [6, 6.07) is 11.7. The van der Waals surface area contributed by atoms with Crippen LogP contribution < -0.4 is 5.06 Å². The Morgan fingerprint density at radius 1 is 1.24 bits per heavy atom. The number of nitrogens with one attached hydrogen (secondary N) is 2. The van der Waals surface area contributed by atoms with Crippen molar-refractivity contribution in [1.29, 1.82) is 0 Å². The van der Waals surface area contributed by atoms with Gasteiger partial charge in [-0.1, -0.05) is 0 Å². The second kappa shape index (κ2) is 4.76. The number of hydrogen-bond acceptors (Lipinski definition) is 4. The Kier molecular flexibility index (Phi) is 2.77. The van der Waals surface area contributed by atoms with Crippen LogP contribution in [0.15, 0.2) is 52.1 Å². The Morgan fingerprint density at radius 2 is 2.19 bits per heavy atom. The fourth-order valence-corrected chi connectivity index (χ4v) is 2.40. The van der Waals surface area contributed by atoms with E-state index in [0.29, 0.717) is 5.90 Å². The lowest BCUT2D eigenvalue weighted by Gasteiger charge is -2.25. The van der Waals surface area contributed by atoms with Crippen LogP contribution in [-0.2, 0) is 4.74 Å². The number of benzene rings is 1. The second-order valence-electron chi connectivity index (χ2n) is 4.91. The summed E-state index contributed by atoms with van der Waals surface area (Å²) in [4.78, 5) is 7.47. The molecule has 2 N–H and O–H groups in total. The third-order valence-electron chi connectivity index (χ3n) is 3.42. The molecule has 0 amide bonds. The third-order valence-corrected chi connectivity index (χ3v) is 3.42. The van der Waals surface area contributed by atoms with Gasteiger partial charge in [-0.2, -0.15) is 4.99 Å². The first-order valence-electron chi connectivity index (χ1n) is 6.65. The van der Waals surface area contributed by atoms with Crippen LogP contribution in [0.1, 0.15) is 5.56 Å². The second-order valence-corrected chi connectivity index (χ2v) is 4.91. The van der Waals surface area contributed by atoms with E-state index in [9.17, 15) is 5.21 Å². The van der Waals surface area contributed by atoms with E-state index in [4.69, 9.17) is 9.15 Å². The predicted molar refractivity (Wildman–Crippen MR) is 77.7 cm³/mol. The largest absolute Gasteiger partial charge is 0.630 e. The molecule has 0 saturated carbocycles. The van der Waals surface area contributed by atoms with Gasteiger partial charge in [-0.15, -0.1) is 0 Å². The Hall–Kier alpha value is -2.57. The van der Waals surface area contributed by atoms with E-state index in [-0.39, 0.29) is 18.5 Å². The van der Waals surface area contributed by atoms with Crippen molar-refractivity contribution in [2.45, 2.75) is 0 Å². The van der Waals surface area contributed by atoms with Crippen molar-refractivity contribution in [2.24, 2.45) is 4.99 Å². The molecule has 0 fully saturated rings. The number of quaternary nitrogens is 1. The maximum Gasteiger partial charge on any atom is 0.226 e. The van der Waals surface area contributed by atoms with Gasteiger partial charge in [0, 0.05) is 16.5 Å². The number of nitrogens with zero attached hydrogens (tertiary/aromatic N) is 1. The van der Waals surface area contributed by atoms with Crippen molar-refractivity contribution in [1.82, 2.24) is 4.98 Å². The molecular weight excluding hydrogens is 270 g/mol. The van der Waals surface area contributed by atoms with Gasteiger partial charge in [0.1, 0.15) is 5.76 Å². The number of H-pyrrole nitrogens is 1. The topological polar surface area (TPSA) is 78.0 Å². The molecular formula is C15H13N3O3. The molecule has 106 valence electrons. The Bertz CT molecular complexity index is 805. The summed E-state index contributed by atoms with van der Waals surface area (Å²) in [5.74, 6) is 1.32. The number of aromatic amines is 1. The third kappa shape index (κ3) is 2.20. The molecule has 1 aromatic carbocycles. The predicted octanol–water partition coefficient (Wildman–Crippen LogP) is 1.50. The van der Waals surface area contributed by atoms with E-state index in [1.807, 2.05) is 36.4 Å². The van der Waals surface area contributed by atoms with Gasteiger partial charge in [0.05, 0.1) is 12.0 Å². The average Bonchev–Trinajstić information content (AvgIpc) is 3.16. The van der Waals surface area contributed by atoms with E-state index >= 15 is 0 Å². The molecule has 3 aromatic rings. The minimum atomic E-state index is 0.00146. The highest BCUT2D eigenvalue weighted by molar-refractivity contribution is 5.98. The molecule has 1 unspecified atom stereocenters. The highest BCUT2D eigenvalue weighted by Gasteiger charge is 2.14. The number of furan rings is 1. The first-order valence-corrected chi connectivity index (χ1v) is 6.65. The minimum Gasteiger partial charge on any atom is -0.630 e. The molecule has 0 bridgehead atoms. The van der Waals surface area contributed by atoms with Crippen LogP contribution in [0.3, 0.4) is 0 Å². The summed E-state index contributed by atoms with van der Waals surface area (Å²) in [6.45, 7) is 0.291. The zero-order valence-corrected chi connectivity index (χ0v) is 11.1. The molecule has 0 saturated heterocycles. The van der Waals surface area contributed by atoms with Crippen LogP contribution in [0.2, 0.25) is 0 Å². The van der Waals surface area contributed by atoms with Crippen molar-refractivity contribution in [2.75, 3.05) is 13.4 Å². The van der Waals surface area contributed by atoms with Crippen LogP contribution in [-0.4, -0.2) is 24.3 Å². The van der Waals surface area contributed by atoms with Crippen molar-refractivity contribution >= 4 is 16.8 Å². The van der Waals surface area contributed by atoms with Gasteiger partial charge in [-0.3, -0.25) is 0 Å². The molecule has 6 nitrogen and oxygen atoms in total. The number of hydroxylamine groups is 2. The smallest absolute Gasteiger partial charge is 0.226 e. The van der Waals surface area contributed by atoms with Gasteiger partial charge in [0.2, 0.25) is 12.6 Å². The van der Waals surface area contributed by atoms with Gasteiger partial charge < -0.3 is 24.4 Å². The zero-order valence-electron chi connectivity index (χ0n) is 11.1. The van der Waals surface area contributed by atoms with Crippen LogP contribution in [0.4, 0.5) is 0 Å². The standard InChI is InChI=1S/C15H13N3O3/c19-18-8-16-15(21-9-18)10-3-4-12-11(6-10)7-13(17-12)14-2-1-5-20-14/h1-7,17-18H,8-9H2. The van der Waals surface area contributed by atoms with Crippen LogP contribution in [0, 0.1) is 5.21 Å². The highest BCUT2D eigenvalue weighted by atomic mass is 16.6. The van der Waals surface area contributed by atoms with Gasteiger partial charge in [0.25, 0.3) is 0 Å². The van der Waals surface area contributed by atoms with Gasteiger partial charge in [-0.05, 0) is 36.4 Å². The quantitative estimate of drug-likeness (QED) is 0.700. The average molecular weight is 283 g/mol.